The van der Waals surface area contributed by atoms with Gasteiger partial charge in [0.25, 0.3) is 0 Å². The highest BCUT2D eigenvalue weighted by atomic mass is 15.3. The van der Waals surface area contributed by atoms with Crippen LogP contribution in [-0.2, 0) is 0 Å². The molecule has 76 valence electrons. The van der Waals surface area contributed by atoms with Crippen LogP contribution in [0, 0.1) is 5.92 Å². The molecular formula is C11H22N2. The predicted molar refractivity (Wildman–Crippen MR) is 60.0 cm³/mol. The zero-order valence-corrected chi connectivity index (χ0v) is 8.92. The van der Waals surface area contributed by atoms with E-state index < -0.39 is 0 Å². The Balaban J connectivity index is 3.48. The Hall–Kier alpha value is -0.790. The number of nitrogens with one attached hydrogen (secondary N) is 1. The minimum atomic E-state index is 0.548. The summed E-state index contributed by atoms with van der Waals surface area (Å²) in [5.74, 6) is 0.548. The van der Waals surface area contributed by atoms with E-state index in [-0.39, 0.29) is 0 Å². The predicted octanol–water partition coefficient (Wildman–Crippen LogP) is 2.96. The van der Waals surface area contributed by atoms with E-state index in [0.717, 1.165) is 19.4 Å². The highest BCUT2D eigenvalue weighted by Crippen LogP contribution is 2.04. The van der Waals surface area contributed by atoms with E-state index in [4.69, 9.17) is 0 Å². The van der Waals surface area contributed by atoms with Gasteiger partial charge in [-0.1, -0.05) is 26.3 Å². The lowest BCUT2D eigenvalue weighted by molar-refractivity contribution is 0.648. The molecule has 0 saturated heterocycles. The first-order valence-electron chi connectivity index (χ1n) is 5.22. The molecule has 0 aliphatic carbocycles. The Kier molecular flexibility index (Phi) is 8.73. The normalized spacial score (nSPS) is 13.1. The zero-order valence-electron chi connectivity index (χ0n) is 8.92. The van der Waals surface area contributed by atoms with Crippen LogP contribution in [0.25, 0.3) is 0 Å². The maximum absolute atomic E-state index is 4.18. The molecule has 0 aliphatic rings. The Morgan fingerprint density at radius 2 is 2.23 bits per heavy atom. The summed E-state index contributed by atoms with van der Waals surface area (Å²) in [6.07, 6.45) is 8.51. The molecule has 0 aromatic rings. The second kappa shape index (κ2) is 9.30. The lowest BCUT2D eigenvalue weighted by Crippen LogP contribution is -2.09. The third-order valence-corrected chi connectivity index (χ3v) is 2.01. The molecular weight excluding hydrogens is 160 g/mol. The van der Waals surface area contributed by atoms with Crippen LogP contribution in [0.4, 0.5) is 0 Å². The number of rotatable bonds is 8. The molecule has 2 heteroatoms. The maximum atomic E-state index is 4.18. The van der Waals surface area contributed by atoms with Gasteiger partial charge >= 0.3 is 0 Å². The van der Waals surface area contributed by atoms with Crippen LogP contribution in [0.3, 0.4) is 0 Å². The lowest BCUT2D eigenvalue weighted by Gasteiger charge is -2.05. The first kappa shape index (κ1) is 12.2. The second-order valence-electron chi connectivity index (χ2n) is 3.23. The molecule has 0 amide bonds. The van der Waals surface area contributed by atoms with Crippen molar-refractivity contribution in [3.63, 3.8) is 0 Å². The summed E-state index contributed by atoms with van der Waals surface area (Å²) in [4.78, 5) is 0. The fourth-order valence-electron chi connectivity index (χ4n) is 1.03. The highest BCUT2D eigenvalue weighted by molar-refractivity contribution is 5.60. The minimum absolute atomic E-state index is 0.548. The van der Waals surface area contributed by atoms with E-state index in [9.17, 15) is 0 Å². The summed E-state index contributed by atoms with van der Waals surface area (Å²) in [6.45, 7) is 9.06. The van der Waals surface area contributed by atoms with Crippen LogP contribution >= 0.6 is 0 Å². The van der Waals surface area contributed by atoms with E-state index in [1.165, 1.54) is 12.8 Å². The number of hydrogen-bond donors (Lipinski definition) is 1. The van der Waals surface area contributed by atoms with Crippen molar-refractivity contribution in [3.8, 4) is 0 Å². The highest BCUT2D eigenvalue weighted by Gasteiger charge is 1.97. The van der Waals surface area contributed by atoms with Gasteiger partial charge in [0.05, 0.1) is 0 Å². The summed E-state index contributed by atoms with van der Waals surface area (Å²) in [6, 6.07) is 0. The van der Waals surface area contributed by atoms with Crippen LogP contribution in [0.1, 0.15) is 39.5 Å². The average Bonchev–Trinajstić information content (AvgIpc) is 2.16. The van der Waals surface area contributed by atoms with Crippen LogP contribution in [0.2, 0.25) is 0 Å². The number of allylic oxidation sites excluding steroid dienone is 1. The average molecular weight is 182 g/mol. The smallest absolute Gasteiger partial charge is 0.0329 e. The van der Waals surface area contributed by atoms with Gasteiger partial charge < -0.3 is 5.43 Å². The second-order valence-corrected chi connectivity index (χ2v) is 3.23. The first-order valence-corrected chi connectivity index (χ1v) is 5.22. The topological polar surface area (TPSA) is 24.4 Å². The number of hydrazone groups is 1. The molecule has 1 unspecified atom stereocenters. The lowest BCUT2D eigenvalue weighted by atomic mass is 10.0. The van der Waals surface area contributed by atoms with Gasteiger partial charge in [-0.15, -0.1) is 6.58 Å². The summed E-state index contributed by atoms with van der Waals surface area (Å²) in [5.41, 5.74) is 3.04. The van der Waals surface area contributed by atoms with E-state index >= 15 is 0 Å². The Labute approximate surface area is 82.1 Å². The van der Waals surface area contributed by atoms with Crippen LogP contribution in [0.15, 0.2) is 17.8 Å². The fraction of sp³-hybridized carbons (Fsp3) is 0.727. The molecule has 0 aromatic carbocycles. The Morgan fingerprint density at radius 3 is 2.77 bits per heavy atom. The van der Waals surface area contributed by atoms with Crippen molar-refractivity contribution in [3.05, 3.63) is 12.7 Å². The third-order valence-electron chi connectivity index (χ3n) is 2.01. The molecule has 0 radical (unpaired) electrons. The van der Waals surface area contributed by atoms with Crippen LogP contribution in [0.5, 0.6) is 0 Å². The molecule has 1 N–H and O–H groups in total. The standard InChI is InChI=1S/C11H22N2/c1-4-7-9-12-13-10-11(6-3)8-5-2/h5,10-12H,2,4,6-9H2,1,3H3/b13-10-. The van der Waals surface area contributed by atoms with Crippen molar-refractivity contribution in [1.29, 1.82) is 0 Å². The van der Waals surface area contributed by atoms with Gasteiger partial charge in [-0.3, -0.25) is 0 Å². The summed E-state index contributed by atoms with van der Waals surface area (Å²) < 4.78 is 0. The molecule has 0 aliphatic heterocycles. The van der Waals surface area contributed by atoms with E-state index in [1.807, 2.05) is 12.3 Å². The number of unbranched alkanes of at least 4 members (excludes halogenated alkanes) is 1. The number of hydrogen-bond acceptors (Lipinski definition) is 2. The first-order chi connectivity index (χ1) is 6.35. The molecule has 0 spiro atoms. The Bertz CT molecular complexity index is 141. The summed E-state index contributed by atoms with van der Waals surface area (Å²) >= 11 is 0. The number of nitrogens with zero attached hydrogens (tertiary/aromatic N) is 1. The third kappa shape index (κ3) is 7.57. The van der Waals surface area contributed by atoms with Gasteiger partial charge in [-0.25, -0.2) is 0 Å². The molecule has 2 nitrogen and oxygen atoms in total. The van der Waals surface area contributed by atoms with Crippen molar-refractivity contribution in [2.45, 2.75) is 39.5 Å². The molecule has 0 heterocycles. The van der Waals surface area contributed by atoms with E-state index in [2.05, 4.69) is 31.0 Å². The molecule has 13 heavy (non-hydrogen) atoms. The van der Waals surface area contributed by atoms with Gasteiger partial charge in [-0.05, 0) is 25.2 Å². The monoisotopic (exact) mass is 182 g/mol. The maximum Gasteiger partial charge on any atom is 0.0329 e. The van der Waals surface area contributed by atoms with Crippen molar-refractivity contribution < 1.29 is 0 Å². The van der Waals surface area contributed by atoms with E-state index in [0.29, 0.717) is 5.92 Å². The van der Waals surface area contributed by atoms with Crippen LogP contribution < -0.4 is 5.43 Å². The minimum Gasteiger partial charge on any atom is -0.310 e. The molecule has 0 aromatic heterocycles. The molecule has 1 atom stereocenters. The van der Waals surface area contributed by atoms with Gasteiger partial charge in [0.2, 0.25) is 0 Å². The molecule has 0 fully saturated rings. The summed E-state index contributed by atoms with van der Waals surface area (Å²) in [5, 5.41) is 4.18. The molecule has 0 bridgehead atoms. The van der Waals surface area contributed by atoms with Gasteiger partial charge in [0.1, 0.15) is 0 Å². The van der Waals surface area contributed by atoms with Crippen molar-refractivity contribution in [2.75, 3.05) is 6.54 Å². The van der Waals surface area contributed by atoms with Gasteiger partial charge in [0, 0.05) is 12.8 Å². The van der Waals surface area contributed by atoms with Gasteiger partial charge in [-0.2, -0.15) is 5.10 Å². The zero-order chi connectivity index (χ0) is 9.94. The van der Waals surface area contributed by atoms with Gasteiger partial charge in [0.15, 0.2) is 0 Å². The Morgan fingerprint density at radius 1 is 1.46 bits per heavy atom. The van der Waals surface area contributed by atoms with Crippen molar-refractivity contribution >= 4 is 6.21 Å². The largest absolute Gasteiger partial charge is 0.310 e. The summed E-state index contributed by atoms with van der Waals surface area (Å²) in [7, 11) is 0. The molecule has 0 rings (SSSR count). The quantitative estimate of drug-likeness (QED) is 0.265. The van der Waals surface area contributed by atoms with Crippen molar-refractivity contribution in [1.82, 2.24) is 5.43 Å². The van der Waals surface area contributed by atoms with Crippen LogP contribution in [-0.4, -0.2) is 12.8 Å². The SMILES string of the molecule is C=CCC(/C=N\NCCCC)CC. The van der Waals surface area contributed by atoms with Crippen molar-refractivity contribution in [2.24, 2.45) is 11.0 Å². The molecule has 0 saturated carbocycles. The van der Waals surface area contributed by atoms with E-state index in [1.54, 1.807) is 0 Å². The fourth-order valence-corrected chi connectivity index (χ4v) is 1.03.